The van der Waals surface area contributed by atoms with E-state index in [1.165, 1.54) is 11.0 Å². The maximum absolute atomic E-state index is 13.8. The van der Waals surface area contributed by atoms with Crippen LogP contribution in [-0.2, 0) is 11.8 Å². The second-order valence-corrected chi connectivity index (χ2v) is 5.85. The molecular formula is C14H14FN5O2S. The van der Waals surface area contributed by atoms with E-state index in [-0.39, 0.29) is 23.5 Å². The van der Waals surface area contributed by atoms with Crippen molar-refractivity contribution >= 4 is 23.7 Å². The van der Waals surface area contributed by atoms with Gasteiger partial charge in [0.15, 0.2) is 11.0 Å². The van der Waals surface area contributed by atoms with Crippen molar-refractivity contribution in [3.63, 3.8) is 0 Å². The SMILES string of the molecule is Cn1c(SCC(=O)N2CCNC2=O)nnc1-c1ccccc1F. The van der Waals surface area contributed by atoms with Crippen LogP contribution in [0.25, 0.3) is 11.4 Å². The van der Waals surface area contributed by atoms with Gasteiger partial charge in [-0.25, -0.2) is 9.18 Å². The van der Waals surface area contributed by atoms with Crippen LogP contribution in [0.4, 0.5) is 9.18 Å². The highest BCUT2D eigenvalue weighted by Gasteiger charge is 2.26. The van der Waals surface area contributed by atoms with Gasteiger partial charge in [0.25, 0.3) is 0 Å². The lowest BCUT2D eigenvalue weighted by Crippen LogP contribution is -2.35. The van der Waals surface area contributed by atoms with Crippen LogP contribution in [0.2, 0.25) is 0 Å². The molecule has 1 aromatic heterocycles. The van der Waals surface area contributed by atoms with Gasteiger partial charge in [0.2, 0.25) is 5.91 Å². The Morgan fingerprint density at radius 1 is 1.39 bits per heavy atom. The van der Waals surface area contributed by atoms with Gasteiger partial charge in [-0.05, 0) is 12.1 Å². The van der Waals surface area contributed by atoms with E-state index in [0.29, 0.717) is 29.6 Å². The molecule has 1 fully saturated rings. The molecule has 23 heavy (non-hydrogen) atoms. The molecule has 0 unspecified atom stereocenters. The maximum atomic E-state index is 13.8. The molecule has 0 aliphatic carbocycles. The number of halogens is 1. The molecule has 3 amide bonds. The maximum Gasteiger partial charge on any atom is 0.324 e. The van der Waals surface area contributed by atoms with Gasteiger partial charge < -0.3 is 9.88 Å². The Morgan fingerprint density at radius 2 is 2.17 bits per heavy atom. The number of nitrogens with zero attached hydrogens (tertiary/aromatic N) is 4. The summed E-state index contributed by atoms with van der Waals surface area (Å²) < 4.78 is 15.5. The number of nitrogens with one attached hydrogen (secondary N) is 1. The van der Waals surface area contributed by atoms with E-state index in [1.54, 1.807) is 29.8 Å². The molecule has 7 nitrogen and oxygen atoms in total. The second kappa shape index (κ2) is 6.37. The number of thioether (sulfide) groups is 1. The highest BCUT2D eigenvalue weighted by Crippen LogP contribution is 2.24. The zero-order valence-electron chi connectivity index (χ0n) is 12.3. The molecule has 2 heterocycles. The number of benzene rings is 1. The van der Waals surface area contributed by atoms with Crippen LogP contribution in [0.5, 0.6) is 0 Å². The van der Waals surface area contributed by atoms with Crippen molar-refractivity contribution in [2.75, 3.05) is 18.8 Å². The molecule has 3 rings (SSSR count). The summed E-state index contributed by atoms with van der Waals surface area (Å²) >= 11 is 1.16. The Morgan fingerprint density at radius 3 is 2.87 bits per heavy atom. The fraction of sp³-hybridized carbons (Fsp3) is 0.286. The number of rotatable bonds is 4. The van der Waals surface area contributed by atoms with Gasteiger partial charge in [-0.1, -0.05) is 23.9 Å². The summed E-state index contributed by atoms with van der Waals surface area (Å²) in [6.45, 7) is 0.841. The van der Waals surface area contributed by atoms with E-state index in [1.807, 2.05) is 0 Å². The van der Waals surface area contributed by atoms with E-state index in [4.69, 9.17) is 0 Å². The van der Waals surface area contributed by atoms with Crippen LogP contribution in [0.15, 0.2) is 29.4 Å². The van der Waals surface area contributed by atoms with Gasteiger partial charge in [-0.2, -0.15) is 0 Å². The van der Waals surface area contributed by atoms with Crippen molar-refractivity contribution in [3.05, 3.63) is 30.1 Å². The molecule has 1 saturated heterocycles. The molecule has 2 aromatic rings. The molecule has 9 heteroatoms. The van der Waals surface area contributed by atoms with Gasteiger partial charge in [0.05, 0.1) is 11.3 Å². The number of amides is 3. The fourth-order valence-electron chi connectivity index (χ4n) is 2.23. The third-order valence-corrected chi connectivity index (χ3v) is 4.44. The van der Waals surface area contributed by atoms with E-state index in [9.17, 15) is 14.0 Å². The molecule has 0 bridgehead atoms. The van der Waals surface area contributed by atoms with Crippen molar-refractivity contribution in [2.24, 2.45) is 7.05 Å². The third kappa shape index (κ3) is 3.04. The van der Waals surface area contributed by atoms with Crippen molar-refractivity contribution < 1.29 is 14.0 Å². The van der Waals surface area contributed by atoms with E-state index < -0.39 is 0 Å². The van der Waals surface area contributed by atoms with E-state index in [2.05, 4.69) is 15.5 Å². The Kier molecular flexibility index (Phi) is 4.28. The molecule has 0 spiro atoms. The first-order chi connectivity index (χ1) is 11.1. The van der Waals surface area contributed by atoms with Crippen LogP contribution in [0.3, 0.4) is 0 Å². The number of hydrogen-bond acceptors (Lipinski definition) is 5. The lowest BCUT2D eigenvalue weighted by Gasteiger charge is -2.11. The number of carbonyl (C=O) groups excluding carboxylic acids is 2. The van der Waals surface area contributed by atoms with Crippen LogP contribution >= 0.6 is 11.8 Å². The fourth-order valence-corrected chi connectivity index (χ4v) is 3.02. The molecule has 1 aliphatic heterocycles. The van der Waals surface area contributed by atoms with E-state index in [0.717, 1.165) is 11.8 Å². The van der Waals surface area contributed by atoms with Crippen LogP contribution < -0.4 is 5.32 Å². The molecule has 0 radical (unpaired) electrons. The van der Waals surface area contributed by atoms with Crippen molar-refractivity contribution in [1.82, 2.24) is 25.0 Å². The number of aromatic nitrogens is 3. The summed E-state index contributed by atoms with van der Waals surface area (Å²) in [5.41, 5.74) is 0.347. The highest BCUT2D eigenvalue weighted by molar-refractivity contribution is 7.99. The average molecular weight is 335 g/mol. The van der Waals surface area contributed by atoms with Crippen molar-refractivity contribution in [2.45, 2.75) is 5.16 Å². The number of imide groups is 1. The standard InChI is InChI=1S/C14H14FN5O2S/c1-19-12(9-4-2-3-5-10(9)15)17-18-14(19)23-8-11(21)20-7-6-16-13(20)22/h2-5H,6-8H2,1H3,(H,16,22). The predicted molar refractivity (Wildman–Crippen MR) is 82.2 cm³/mol. The topological polar surface area (TPSA) is 80.1 Å². The first-order valence-electron chi connectivity index (χ1n) is 6.93. The monoisotopic (exact) mass is 335 g/mol. The Labute approximate surface area is 135 Å². The summed E-state index contributed by atoms with van der Waals surface area (Å²) in [6.07, 6.45) is 0. The van der Waals surface area contributed by atoms with Crippen molar-refractivity contribution in [1.29, 1.82) is 0 Å². The first-order valence-corrected chi connectivity index (χ1v) is 7.92. The summed E-state index contributed by atoms with van der Waals surface area (Å²) in [6, 6.07) is 5.92. The Bertz CT molecular complexity index is 763. The minimum Gasteiger partial charge on any atom is -0.336 e. The van der Waals surface area contributed by atoms with Gasteiger partial charge >= 0.3 is 6.03 Å². The molecular weight excluding hydrogens is 321 g/mol. The summed E-state index contributed by atoms with van der Waals surface area (Å²) in [4.78, 5) is 24.6. The molecule has 0 saturated carbocycles. The second-order valence-electron chi connectivity index (χ2n) is 4.91. The molecule has 1 aliphatic rings. The van der Waals surface area contributed by atoms with Crippen LogP contribution in [0.1, 0.15) is 0 Å². The normalized spacial score (nSPS) is 14.2. The van der Waals surface area contributed by atoms with E-state index >= 15 is 0 Å². The summed E-state index contributed by atoms with van der Waals surface area (Å²) in [7, 11) is 1.71. The molecule has 0 atom stereocenters. The lowest BCUT2D eigenvalue weighted by atomic mass is 10.2. The lowest BCUT2D eigenvalue weighted by molar-refractivity contribution is -0.124. The third-order valence-electron chi connectivity index (χ3n) is 3.43. The number of urea groups is 1. The first kappa shape index (κ1) is 15.5. The predicted octanol–water partition coefficient (Wildman–Crippen LogP) is 1.27. The summed E-state index contributed by atoms with van der Waals surface area (Å²) in [5.74, 6) is -0.224. The minimum absolute atomic E-state index is 0.0661. The van der Waals surface area contributed by atoms with Crippen LogP contribution in [0, 0.1) is 5.82 Å². The number of carbonyl (C=O) groups is 2. The Balaban J connectivity index is 1.72. The zero-order valence-corrected chi connectivity index (χ0v) is 13.1. The van der Waals surface area contributed by atoms with Gasteiger partial charge in [-0.15, -0.1) is 10.2 Å². The minimum atomic E-state index is -0.385. The van der Waals surface area contributed by atoms with Crippen LogP contribution in [-0.4, -0.2) is 50.4 Å². The number of hydrogen-bond donors (Lipinski definition) is 1. The smallest absolute Gasteiger partial charge is 0.324 e. The largest absolute Gasteiger partial charge is 0.336 e. The zero-order chi connectivity index (χ0) is 16.4. The van der Waals surface area contributed by atoms with Gasteiger partial charge in [0.1, 0.15) is 5.82 Å². The van der Waals surface area contributed by atoms with Crippen molar-refractivity contribution in [3.8, 4) is 11.4 Å². The molecule has 1 N–H and O–H groups in total. The van der Waals surface area contributed by atoms with Gasteiger partial charge in [-0.3, -0.25) is 9.69 Å². The average Bonchev–Trinajstić information content (AvgIpc) is 3.12. The highest BCUT2D eigenvalue weighted by atomic mass is 32.2. The molecule has 120 valence electrons. The molecule has 1 aromatic carbocycles. The quantitative estimate of drug-likeness (QED) is 0.851. The van der Waals surface area contributed by atoms with Gasteiger partial charge in [0, 0.05) is 20.1 Å². The Hall–Kier alpha value is -2.42. The summed E-state index contributed by atoms with van der Waals surface area (Å²) in [5, 5.41) is 11.0.